The molecule has 0 atom stereocenters. The molecule has 5 nitrogen and oxygen atoms in total. The average Bonchev–Trinajstić information content (AvgIpc) is 3.16. The first-order chi connectivity index (χ1) is 14.1. The Hall–Kier alpha value is -3.25. The Morgan fingerprint density at radius 1 is 0.897 bits per heavy atom. The van der Waals surface area contributed by atoms with Crippen LogP contribution in [-0.4, -0.2) is 28.2 Å². The molecule has 3 aromatic carbocycles. The number of hydrogen-bond acceptors (Lipinski definition) is 3. The maximum absolute atomic E-state index is 12.9. The van der Waals surface area contributed by atoms with Crippen molar-refractivity contribution in [3.8, 4) is 0 Å². The van der Waals surface area contributed by atoms with Gasteiger partial charge in [-0.1, -0.05) is 46.3 Å². The van der Waals surface area contributed by atoms with Crippen molar-refractivity contribution in [1.29, 1.82) is 0 Å². The SMILES string of the molecule is O=C(NCCc1nc2ccccc2[nH]1)c1ccccc1C(=O)c1ccc(Br)cc1. The lowest BCUT2D eigenvalue weighted by molar-refractivity contribution is 0.0942. The van der Waals surface area contributed by atoms with E-state index < -0.39 is 0 Å². The van der Waals surface area contributed by atoms with Gasteiger partial charge in [0.25, 0.3) is 5.91 Å². The fourth-order valence-electron chi connectivity index (χ4n) is 3.15. The molecular weight excluding hydrogens is 430 g/mol. The molecule has 1 heterocycles. The fourth-order valence-corrected chi connectivity index (χ4v) is 3.41. The molecule has 144 valence electrons. The molecule has 1 amide bonds. The molecule has 6 heteroatoms. The number of halogens is 1. The maximum Gasteiger partial charge on any atom is 0.252 e. The van der Waals surface area contributed by atoms with Crippen molar-refractivity contribution in [3.63, 3.8) is 0 Å². The van der Waals surface area contributed by atoms with Crippen LogP contribution in [0.5, 0.6) is 0 Å². The Balaban J connectivity index is 1.46. The summed E-state index contributed by atoms with van der Waals surface area (Å²) in [7, 11) is 0. The van der Waals surface area contributed by atoms with Gasteiger partial charge in [-0.05, 0) is 42.5 Å². The number of ketones is 1. The number of carbonyl (C=O) groups is 2. The topological polar surface area (TPSA) is 74.8 Å². The zero-order valence-electron chi connectivity index (χ0n) is 15.5. The van der Waals surface area contributed by atoms with Gasteiger partial charge in [0.1, 0.15) is 5.82 Å². The first-order valence-corrected chi connectivity index (χ1v) is 10.0. The molecule has 0 aliphatic rings. The van der Waals surface area contributed by atoms with Crippen LogP contribution in [0.4, 0.5) is 0 Å². The van der Waals surface area contributed by atoms with E-state index in [9.17, 15) is 9.59 Å². The summed E-state index contributed by atoms with van der Waals surface area (Å²) in [5.74, 6) is 0.355. The molecule has 0 saturated heterocycles. The minimum absolute atomic E-state index is 0.180. The summed E-state index contributed by atoms with van der Waals surface area (Å²) in [5.41, 5.74) is 3.16. The van der Waals surface area contributed by atoms with Crippen LogP contribution in [0.1, 0.15) is 32.1 Å². The molecule has 0 aliphatic carbocycles. The summed E-state index contributed by atoms with van der Waals surface area (Å²) in [5, 5.41) is 2.89. The van der Waals surface area contributed by atoms with Gasteiger partial charge in [-0.15, -0.1) is 0 Å². The summed E-state index contributed by atoms with van der Waals surface area (Å²) < 4.78 is 0.894. The number of amides is 1. The van der Waals surface area contributed by atoms with Gasteiger partial charge in [-0.25, -0.2) is 4.98 Å². The number of nitrogens with zero attached hydrogens (tertiary/aromatic N) is 1. The van der Waals surface area contributed by atoms with E-state index in [1.807, 2.05) is 36.4 Å². The van der Waals surface area contributed by atoms with Crippen LogP contribution in [0, 0.1) is 0 Å². The van der Waals surface area contributed by atoms with Crippen LogP contribution in [0.3, 0.4) is 0 Å². The Labute approximate surface area is 176 Å². The van der Waals surface area contributed by atoms with E-state index in [-0.39, 0.29) is 11.7 Å². The number of aromatic amines is 1. The normalized spacial score (nSPS) is 10.8. The van der Waals surface area contributed by atoms with Gasteiger partial charge in [-0.2, -0.15) is 0 Å². The third-order valence-electron chi connectivity index (χ3n) is 4.61. The Bertz CT molecular complexity index is 1150. The van der Waals surface area contributed by atoms with Crippen LogP contribution in [0.25, 0.3) is 11.0 Å². The predicted octanol–water partition coefficient (Wildman–Crippen LogP) is 4.53. The number of rotatable bonds is 6. The van der Waals surface area contributed by atoms with Crippen molar-refractivity contribution in [2.75, 3.05) is 6.54 Å². The molecule has 0 radical (unpaired) electrons. The lowest BCUT2D eigenvalue weighted by Crippen LogP contribution is -2.27. The van der Waals surface area contributed by atoms with Crippen LogP contribution in [0.15, 0.2) is 77.3 Å². The van der Waals surface area contributed by atoms with Crippen molar-refractivity contribution in [3.05, 3.63) is 99.8 Å². The number of aromatic nitrogens is 2. The predicted molar refractivity (Wildman–Crippen MR) is 116 cm³/mol. The summed E-state index contributed by atoms with van der Waals surface area (Å²) in [6.45, 7) is 0.416. The molecule has 1 aromatic heterocycles. The lowest BCUT2D eigenvalue weighted by atomic mass is 9.98. The first-order valence-electron chi connectivity index (χ1n) is 9.23. The summed E-state index contributed by atoms with van der Waals surface area (Å²) in [6.07, 6.45) is 0.573. The van der Waals surface area contributed by atoms with Crippen LogP contribution >= 0.6 is 15.9 Å². The second-order valence-electron chi connectivity index (χ2n) is 6.59. The van der Waals surface area contributed by atoms with Gasteiger partial charge in [-0.3, -0.25) is 9.59 Å². The van der Waals surface area contributed by atoms with Crippen molar-refractivity contribution >= 4 is 38.7 Å². The van der Waals surface area contributed by atoms with E-state index in [2.05, 4.69) is 31.2 Å². The number of imidazole rings is 1. The molecule has 0 bridgehead atoms. The minimum atomic E-state index is -0.276. The largest absolute Gasteiger partial charge is 0.352 e. The zero-order chi connectivity index (χ0) is 20.2. The average molecular weight is 448 g/mol. The van der Waals surface area contributed by atoms with Gasteiger partial charge in [0.15, 0.2) is 5.78 Å². The van der Waals surface area contributed by atoms with Crippen molar-refractivity contribution < 1.29 is 9.59 Å². The van der Waals surface area contributed by atoms with Crippen molar-refractivity contribution in [2.24, 2.45) is 0 Å². The number of carbonyl (C=O) groups excluding carboxylic acids is 2. The van der Waals surface area contributed by atoms with Gasteiger partial charge < -0.3 is 10.3 Å². The number of fused-ring (bicyclic) bond motifs is 1. The van der Waals surface area contributed by atoms with Crippen molar-refractivity contribution in [1.82, 2.24) is 15.3 Å². The molecule has 2 N–H and O–H groups in total. The lowest BCUT2D eigenvalue weighted by Gasteiger charge is -2.09. The number of benzene rings is 3. The van der Waals surface area contributed by atoms with Crippen LogP contribution in [-0.2, 0) is 6.42 Å². The van der Waals surface area contributed by atoms with Crippen molar-refractivity contribution in [2.45, 2.75) is 6.42 Å². The second kappa shape index (κ2) is 8.41. The number of nitrogens with one attached hydrogen (secondary N) is 2. The van der Waals surface area contributed by atoms with Gasteiger partial charge in [0.2, 0.25) is 0 Å². The van der Waals surface area contributed by atoms with E-state index in [0.717, 1.165) is 21.3 Å². The Morgan fingerprint density at radius 2 is 1.59 bits per heavy atom. The minimum Gasteiger partial charge on any atom is -0.352 e. The smallest absolute Gasteiger partial charge is 0.252 e. The molecular formula is C23H18BrN3O2. The Morgan fingerprint density at radius 3 is 2.34 bits per heavy atom. The highest BCUT2D eigenvalue weighted by Crippen LogP contribution is 2.17. The highest BCUT2D eigenvalue weighted by Gasteiger charge is 2.18. The molecule has 0 fully saturated rings. The molecule has 0 aliphatic heterocycles. The van der Waals surface area contributed by atoms with Gasteiger partial charge in [0, 0.05) is 28.6 Å². The molecule has 0 spiro atoms. The summed E-state index contributed by atoms with van der Waals surface area (Å²) in [4.78, 5) is 33.3. The van der Waals surface area contributed by atoms with Crippen LogP contribution in [0.2, 0.25) is 0 Å². The first kappa shape index (κ1) is 19.1. The summed E-state index contributed by atoms with van der Waals surface area (Å²) >= 11 is 3.36. The fraction of sp³-hybridized carbons (Fsp3) is 0.0870. The van der Waals surface area contributed by atoms with Gasteiger partial charge >= 0.3 is 0 Å². The quantitative estimate of drug-likeness (QED) is 0.426. The highest BCUT2D eigenvalue weighted by molar-refractivity contribution is 9.10. The number of H-pyrrole nitrogens is 1. The molecule has 29 heavy (non-hydrogen) atoms. The highest BCUT2D eigenvalue weighted by atomic mass is 79.9. The maximum atomic E-state index is 12.9. The van der Waals surface area contributed by atoms with E-state index in [4.69, 9.17) is 0 Å². The van der Waals surface area contributed by atoms with Gasteiger partial charge in [0.05, 0.1) is 16.6 Å². The standard InChI is InChI=1S/C23H18BrN3O2/c24-16-11-9-15(10-12-16)22(28)17-5-1-2-6-18(17)23(29)25-14-13-21-26-19-7-3-4-8-20(19)27-21/h1-12H,13-14H2,(H,25,29)(H,26,27). The van der Waals surface area contributed by atoms with E-state index >= 15 is 0 Å². The van der Waals surface area contributed by atoms with Crippen LogP contribution < -0.4 is 5.32 Å². The molecule has 0 saturated carbocycles. The third-order valence-corrected chi connectivity index (χ3v) is 5.14. The van der Waals surface area contributed by atoms with E-state index in [1.54, 1.807) is 36.4 Å². The molecule has 0 unspecified atom stereocenters. The third kappa shape index (κ3) is 4.27. The monoisotopic (exact) mass is 447 g/mol. The zero-order valence-corrected chi connectivity index (χ0v) is 17.1. The summed E-state index contributed by atoms with van der Waals surface area (Å²) in [6, 6.07) is 21.8. The Kier molecular flexibility index (Phi) is 5.53. The van der Waals surface area contributed by atoms with E-state index in [0.29, 0.717) is 29.7 Å². The number of para-hydroxylation sites is 2. The molecule has 4 rings (SSSR count). The van der Waals surface area contributed by atoms with E-state index in [1.165, 1.54) is 0 Å². The second-order valence-corrected chi connectivity index (χ2v) is 7.50. The molecule has 4 aromatic rings. The number of hydrogen-bond donors (Lipinski definition) is 2.